The SMILES string of the molecule is CCn1cc(C(=O)Nc2c(F)cccc2F)c(=O)c2ccc(C)nc21. The molecule has 128 valence electrons. The Morgan fingerprint density at radius 3 is 2.52 bits per heavy atom. The number of hydrogen-bond acceptors (Lipinski definition) is 3. The van der Waals surface area contributed by atoms with E-state index in [0.717, 1.165) is 17.8 Å². The number of halogens is 2. The first-order chi connectivity index (χ1) is 11.9. The predicted molar refractivity (Wildman–Crippen MR) is 90.7 cm³/mol. The summed E-state index contributed by atoms with van der Waals surface area (Å²) in [6, 6.07) is 6.50. The van der Waals surface area contributed by atoms with Gasteiger partial charge in [-0.25, -0.2) is 13.8 Å². The van der Waals surface area contributed by atoms with Crippen LogP contribution in [0, 0.1) is 18.6 Å². The zero-order valence-electron chi connectivity index (χ0n) is 13.6. The number of nitrogens with one attached hydrogen (secondary N) is 1. The van der Waals surface area contributed by atoms with Crippen molar-refractivity contribution < 1.29 is 13.6 Å². The maximum atomic E-state index is 13.7. The van der Waals surface area contributed by atoms with Gasteiger partial charge in [0.15, 0.2) is 0 Å². The number of fused-ring (bicyclic) bond motifs is 1. The van der Waals surface area contributed by atoms with Gasteiger partial charge in [0, 0.05) is 18.4 Å². The molecule has 0 bridgehead atoms. The van der Waals surface area contributed by atoms with E-state index in [4.69, 9.17) is 0 Å². The van der Waals surface area contributed by atoms with Gasteiger partial charge in [-0.05, 0) is 38.1 Å². The first kappa shape index (κ1) is 16.8. The van der Waals surface area contributed by atoms with Crippen molar-refractivity contribution in [2.45, 2.75) is 20.4 Å². The number of hydrogen-bond donors (Lipinski definition) is 1. The highest BCUT2D eigenvalue weighted by atomic mass is 19.1. The first-order valence-electron chi connectivity index (χ1n) is 7.68. The maximum Gasteiger partial charge on any atom is 0.261 e. The van der Waals surface area contributed by atoms with Gasteiger partial charge in [0.2, 0.25) is 5.43 Å². The molecule has 7 heteroatoms. The summed E-state index contributed by atoms with van der Waals surface area (Å²) in [6.45, 7) is 4.11. The second-order valence-electron chi connectivity index (χ2n) is 5.53. The van der Waals surface area contributed by atoms with Crippen LogP contribution in [-0.4, -0.2) is 15.5 Å². The van der Waals surface area contributed by atoms with Gasteiger partial charge in [-0.3, -0.25) is 9.59 Å². The Kier molecular flexibility index (Phi) is 4.31. The Balaban J connectivity index is 2.12. The summed E-state index contributed by atoms with van der Waals surface area (Å²) in [5.74, 6) is -2.71. The highest BCUT2D eigenvalue weighted by molar-refractivity contribution is 6.05. The summed E-state index contributed by atoms with van der Waals surface area (Å²) in [5.41, 5.74) is -0.137. The Bertz CT molecular complexity index is 1020. The molecule has 3 aromatic rings. The second kappa shape index (κ2) is 6.43. The number of carbonyl (C=O) groups excluding carboxylic acids is 1. The van der Waals surface area contributed by atoms with Crippen molar-refractivity contribution in [1.82, 2.24) is 9.55 Å². The quantitative estimate of drug-likeness (QED) is 0.794. The van der Waals surface area contributed by atoms with Crippen LogP contribution in [0.15, 0.2) is 41.3 Å². The fourth-order valence-corrected chi connectivity index (χ4v) is 2.56. The maximum absolute atomic E-state index is 13.7. The van der Waals surface area contributed by atoms with Gasteiger partial charge in [0.25, 0.3) is 5.91 Å². The van der Waals surface area contributed by atoms with E-state index in [0.29, 0.717) is 12.2 Å². The zero-order chi connectivity index (χ0) is 18.1. The molecule has 25 heavy (non-hydrogen) atoms. The molecule has 0 spiro atoms. The summed E-state index contributed by atoms with van der Waals surface area (Å²) in [4.78, 5) is 29.4. The number of aryl methyl sites for hydroxylation is 2. The summed E-state index contributed by atoms with van der Waals surface area (Å²) >= 11 is 0. The van der Waals surface area contributed by atoms with Crippen LogP contribution in [0.2, 0.25) is 0 Å². The smallest absolute Gasteiger partial charge is 0.261 e. The number of amides is 1. The van der Waals surface area contributed by atoms with Crippen LogP contribution in [0.3, 0.4) is 0 Å². The van der Waals surface area contributed by atoms with E-state index >= 15 is 0 Å². The molecule has 1 aromatic carbocycles. The van der Waals surface area contributed by atoms with Crippen molar-refractivity contribution in [1.29, 1.82) is 0 Å². The zero-order valence-corrected chi connectivity index (χ0v) is 13.6. The lowest BCUT2D eigenvalue weighted by atomic mass is 10.1. The third-order valence-corrected chi connectivity index (χ3v) is 3.85. The summed E-state index contributed by atoms with van der Waals surface area (Å²) in [6.07, 6.45) is 1.35. The number of pyridine rings is 2. The Labute approximate surface area is 141 Å². The van der Waals surface area contributed by atoms with Gasteiger partial charge >= 0.3 is 0 Å². The van der Waals surface area contributed by atoms with Gasteiger partial charge in [-0.2, -0.15) is 0 Å². The van der Waals surface area contributed by atoms with Crippen LogP contribution in [0.4, 0.5) is 14.5 Å². The molecule has 1 amide bonds. The van der Waals surface area contributed by atoms with Crippen molar-refractivity contribution in [3.8, 4) is 0 Å². The number of benzene rings is 1. The molecule has 2 aromatic heterocycles. The van der Waals surface area contributed by atoms with Gasteiger partial charge in [-0.15, -0.1) is 0 Å². The van der Waals surface area contributed by atoms with Gasteiger partial charge in [0.1, 0.15) is 28.5 Å². The molecule has 0 aliphatic heterocycles. The first-order valence-corrected chi connectivity index (χ1v) is 7.68. The lowest BCUT2D eigenvalue weighted by molar-refractivity contribution is 0.102. The van der Waals surface area contributed by atoms with Crippen molar-refractivity contribution in [3.63, 3.8) is 0 Å². The summed E-state index contributed by atoms with van der Waals surface area (Å²) in [5, 5.41) is 2.41. The van der Waals surface area contributed by atoms with E-state index in [1.807, 2.05) is 6.92 Å². The van der Waals surface area contributed by atoms with E-state index in [-0.39, 0.29) is 10.9 Å². The molecule has 0 unspecified atom stereocenters. The van der Waals surface area contributed by atoms with Crippen LogP contribution in [0.1, 0.15) is 23.0 Å². The van der Waals surface area contributed by atoms with E-state index in [2.05, 4.69) is 10.3 Å². The number of anilines is 1. The fourth-order valence-electron chi connectivity index (χ4n) is 2.56. The molecule has 0 aliphatic rings. The Morgan fingerprint density at radius 1 is 1.20 bits per heavy atom. The normalized spacial score (nSPS) is 10.9. The monoisotopic (exact) mass is 343 g/mol. The topological polar surface area (TPSA) is 64.0 Å². The standard InChI is InChI=1S/C18H15F2N3O2/c1-3-23-9-12(16(24)11-8-7-10(2)21-17(11)23)18(25)22-15-13(19)5-4-6-14(15)20/h4-9H,3H2,1-2H3,(H,22,25). The number of para-hydroxylation sites is 1. The van der Waals surface area contributed by atoms with Crippen molar-refractivity contribution >= 4 is 22.6 Å². The average Bonchev–Trinajstić information content (AvgIpc) is 2.58. The van der Waals surface area contributed by atoms with Crippen LogP contribution < -0.4 is 10.7 Å². The second-order valence-corrected chi connectivity index (χ2v) is 5.53. The molecule has 3 rings (SSSR count). The van der Waals surface area contributed by atoms with Crippen molar-refractivity contribution in [3.05, 3.63) is 69.6 Å². The molecule has 0 fully saturated rings. The van der Waals surface area contributed by atoms with Crippen LogP contribution in [0.25, 0.3) is 11.0 Å². The largest absolute Gasteiger partial charge is 0.332 e. The lowest BCUT2D eigenvalue weighted by Crippen LogP contribution is -2.25. The van der Waals surface area contributed by atoms with Gasteiger partial charge in [0.05, 0.1) is 5.39 Å². The minimum absolute atomic E-state index is 0.206. The minimum Gasteiger partial charge on any atom is -0.332 e. The summed E-state index contributed by atoms with van der Waals surface area (Å²) in [7, 11) is 0. The molecule has 0 aliphatic carbocycles. The molecular weight excluding hydrogens is 328 g/mol. The third-order valence-electron chi connectivity index (χ3n) is 3.85. The minimum atomic E-state index is -0.915. The number of aromatic nitrogens is 2. The Morgan fingerprint density at radius 2 is 1.88 bits per heavy atom. The van der Waals surface area contributed by atoms with Crippen LogP contribution >= 0.6 is 0 Å². The van der Waals surface area contributed by atoms with E-state index < -0.39 is 28.7 Å². The molecule has 1 N–H and O–H groups in total. The number of carbonyl (C=O) groups is 1. The molecule has 0 radical (unpaired) electrons. The predicted octanol–water partition coefficient (Wildman–Crippen LogP) is 3.26. The van der Waals surface area contributed by atoms with Crippen molar-refractivity contribution in [2.24, 2.45) is 0 Å². The van der Waals surface area contributed by atoms with Crippen LogP contribution in [-0.2, 0) is 6.54 Å². The fraction of sp³-hybridized carbons (Fsp3) is 0.167. The van der Waals surface area contributed by atoms with Gasteiger partial charge in [-0.1, -0.05) is 6.07 Å². The van der Waals surface area contributed by atoms with Crippen molar-refractivity contribution in [2.75, 3.05) is 5.32 Å². The summed E-state index contributed by atoms with van der Waals surface area (Å²) < 4.78 is 29.1. The van der Waals surface area contributed by atoms with E-state index in [1.54, 1.807) is 23.6 Å². The van der Waals surface area contributed by atoms with E-state index in [1.165, 1.54) is 12.3 Å². The third kappa shape index (κ3) is 3.00. The molecule has 0 saturated heterocycles. The van der Waals surface area contributed by atoms with Gasteiger partial charge < -0.3 is 9.88 Å². The highest BCUT2D eigenvalue weighted by Crippen LogP contribution is 2.19. The van der Waals surface area contributed by atoms with E-state index in [9.17, 15) is 18.4 Å². The molecule has 0 saturated carbocycles. The average molecular weight is 343 g/mol. The molecule has 0 atom stereocenters. The highest BCUT2D eigenvalue weighted by Gasteiger charge is 2.19. The number of rotatable bonds is 3. The van der Waals surface area contributed by atoms with Crippen LogP contribution in [0.5, 0.6) is 0 Å². The lowest BCUT2D eigenvalue weighted by Gasteiger charge is -2.12. The number of nitrogens with zero attached hydrogens (tertiary/aromatic N) is 2. The molecular formula is C18H15F2N3O2. The Hall–Kier alpha value is -3.09. The molecule has 5 nitrogen and oxygen atoms in total. The molecule has 2 heterocycles.